The van der Waals surface area contributed by atoms with Crippen LogP contribution in [-0.4, -0.2) is 47.7 Å². The molecule has 0 spiro atoms. The third kappa shape index (κ3) is 5.21. The highest BCUT2D eigenvalue weighted by atomic mass is 35.5. The van der Waals surface area contributed by atoms with Gasteiger partial charge in [0.1, 0.15) is 47.5 Å². The van der Waals surface area contributed by atoms with Gasteiger partial charge < -0.3 is 25.0 Å². The second-order valence-electron chi connectivity index (χ2n) is 7.69. The van der Waals surface area contributed by atoms with E-state index in [-0.39, 0.29) is 49.3 Å². The first-order valence-corrected chi connectivity index (χ1v) is 9.96. The summed E-state index contributed by atoms with van der Waals surface area (Å²) in [5, 5.41) is 23.9. The fourth-order valence-corrected chi connectivity index (χ4v) is 3.94. The second kappa shape index (κ2) is 9.92. The van der Waals surface area contributed by atoms with E-state index in [9.17, 15) is 19.0 Å². The molecule has 0 radical (unpaired) electrons. The summed E-state index contributed by atoms with van der Waals surface area (Å²) < 4.78 is 38.2. The van der Waals surface area contributed by atoms with Crippen molar-refractivity contribution in [2.45, 2.75) is 50.1 Å². The van der Waals surface area contributed by atoms with Crippen LogP contribution in [-0.2, 0) is 12.8 Å². The van der Waals surface area contributed by atoms with Gasteiger partial charge in [-0.2, -0.15) is 0 Å². The Morgan fingerprint density at radius 2 is 1.27 bits per heavy atom. The quantitative estimate of drug-likeness (QED) is 0.643. The molecule has 4 atom stereocenters. The van der Waals surface area contributed by atoms with E-state index >= 15 is 0 Å². The number of nitrogens with one attached hydrogen (secondary N) is 1. The van der Waals surface area contributed by atoms with Crippen molar-refractivity contribution in [2.75, 3.05) is 13.1 Å². The van der Waals surface area contributed by atoms with E-state index in [0.717, 1.165) is 11.1 Å². The SMILES string of the molecule is Cl.OC(CNCC(O)[C@H]1CCc2cc(F)ccc2O1)C1CCc2cc(F)ccc2O1. The molecule has 0 saturated heterocycles. The van der Waals surface area contributed by atoms with Crippen LogP contribution in [0.1, 0.15) is 24.0 Å². The lowest BCUT2D eigenvalue weighted by molar-refractivity contribution is 0.00892. The molecule has 0 aliphatic carbocycles. The number of fused-ring (bicyclic) bond motifs is 2. The highest BCUT2D eigenvalue weighted by Gasteiger charge is 2.29. The highest BCUT2D eigenvalue weighted by Crippen LogP contribution is 2.30. The van der Waals surface area contributed by atoms with Crippen LogP contribution in [0.3, 0.4) is 0 Å². The number of benzene rings is 2. The fraction of sp³-hybridized carbons (Fsp3) is 0.455. The summed E-state index contributed by atoms with van der Waals surface area (Å²) in [6.45, 7) is 0.513. The molecule has 8 heteroatoms. The number of aryl methyl sites for hydroxylation is 2. The Hall–Kier alpha value is -1.93. The first kappa shape index (κ1) is 22.7. The predicted molar refractivity (Wildman–Crippen MR) is 110 cm³/mol. The molecule has 4 rings (SSSR count). The Bertz CT molecular complexity index is 800. The molecule has 3 N–H and O–H groups in total. The van der Waals surface area contributed by atoms with Crippen LogP contribution in [0.15, 0.2) is 36.4 Å². The molecule has 2 aromatic rings. The lowest BCUT2D eigenvalue weighted by Gasteiger charge is -2.31. The van der Waals surface area contributed by atoms with Crippen LogP contribution in [0.4, 0.5) is 8.78 Å². The Balaban J connectivity index is 0.00000256. The number of aliphatic hydroxyl groups excluding tert-OH is 2. The van der Waals surface area contributed by atoms with Gasteiger partial charge >= 0.3 is 0 Å². The summed E-state index contributed by atoms with van der Waals surface area (Å²) in [6, 6.07) is 8.79. The van der Waals surface area contributed by atoms with Gasteiger partial charge in [-0.1, -0.05) is 0 Å². The molecular formula is C22H26ClF2NO4. The zero-order chi connectivity index (χ0) is 20.4. The molecular weight excluding hydrogens is 416 g/mol. The van der Waals surface area contributed by atoms with E-state index in [2.05, 4.69) is 5.32 Å². The second-order valence-corrected chi connectivity index (χ2v) is 7.69. The van der Waals surface area contributed by atoms with Crippen LogP contribution in [0, 0.1) is 11.6 Å². The van der Waals surface area contributed by atoms with E-state index < -0.39 is 12.2 Å². The van der Waals surface area contributed by atoms with Gasteiger partial charge in [0.2, 0.25) is 0 Å². The molecule has 0 saturated carbocycles. The summed E-state index contributed by atoms with van der Waals surface area (Å²) in [5.41, 5.74) is 1.62. The minimum Gasteiger partial charge on any atom is -0.487 e. The average molecular weight is 442 g/mol. The Kier molecular flexibility index (Phi) is 7.52. The van der Waals surface area contributed by atoms with Crippen molar-refractivity contribution in [3.8, 4) is 11.5 Å². The van der Waals surface area contributed by atoms with Crippen LogP contribution >= 0.6 is 12.4 Å². The van der Waals surface area contributed by atoms with Crippen molar-refractivity contribution in [1.29, 1.82) is 0 Å². The van der Waals surface area contributed by atoms with Crippen molar-refractivity contribution >= 4 is 12.4 Å². The van der Waals surface area contributed by atoms with Crippen molar-refractivity contribution in [1.82, 2.24) is 5.32 Å². The fourth-order valence-electron chi connectivity index (χ4n) is 3.94. The summed E-state index contributed by atoms with van der Waals surface area (Å²) in [5.74, 6) is 0.624. The zero-order valence-electron chi connectivity index (χ0n) is 16.4. The van der Waals surface area contributed by atoms with Crippen molar-refractivity contribution < 1.29 is 28.5 Å². The smallest absolute Gasteiger partial charge is 0.126 e. The molecule has 3 unspecified atom stereocenters. The first-order valence-electron chi connectivity index (χ1n) is 9.96. The molecule has 2 aliphatic rings. The predicted octanol–water partition coefficient (Wildman–Crippen LogP) is 2.79. The number of aliphatic hydroxyl groups is 2. The van der Waals surface area contributed by atoms with Gasteiger partial charge in [-0.15, -0.1) is 12.4 Å². The van der Waals surface area contributed by atoms with Crippen LogP contribution in [0.25, 0.3) is 0 Å². The summed E-state index contributed by atoms with van der Waals surface area (Å²) in [4.78, 5) is 0. The zero-order valence-corrected chi connectivity index (χ0v) is 17.2. The molecule has 30 heavy (non-hydrogen) atoms. The van der Waals surface area contributed by atoms with Crippen LogP contribution in [0.5, 0.6) is 11.5 Å². The van der Waals surface area contributed by atoms with Crippen molar-refractivity contribution in [2.24, 2.45) is 0 Å². The number of rotatable bonds is 6. The third-order valence-corrected chi connectivity index (χ3v) is 5.56. The number of hydrogen-bond donors (Lipinski definition) is 3. The Morgan fingerprint density at radius 3 is 1.70 bits per heavy atom. The van der Waals surface area contributed by atoms with Gasteiger partial charge in [0.25, 0.3) is 0 Å². The molecule has 2 aliphatic heterocycles. The monoisotopic (exact) mass is 441 g/mol. The highest BCUT2D eigenvalue weighted by molar-refractivity contribution is 5.85. The minimum absolute atomic E-state index is 0. The minimum atomic E-state index is -0.753. The number of hydrogen-bond acceptors (Lipinski definition) is 5. The van der Waals surface area contributed by atoms with E-state index in [1.165, 1.54) is 24.3 Å². The summed E-state index contributed by atoms with van der Waals surface area (Å²) >= 11 is 0. The molecule has 164 valence electrons. The largest absolute Gasteiger partial charge is 0.487 e. The van der Waals surface area contributed by atoms with Gasteiger partial charge in [-0.25, -0.2) is 8.78 Å². The number of halogens is 3. The number of ether oxygens (including phenoxy) is 2. The maximum absolute atomic E-state index is 13.3. The Labute approximate surface area is 180 Å². The maximum Gasteiger partial charge on any atom is 0.126 e. The van der Waals surface area contributed by atoms with E-state index in [0.29, 0.717) is 37.2 Å². The van der Waals surface area contributed by atoms with E-state index in [4.69, 9.17) is 9.47 Å². The molecule has 0 aromatic heterocycles. The molecule has 2 aromatic carbocycles. The van der Waals surface area contributed by atoms with Crippen molar-refractivity contribution in [3.63, 3.8) is 0 Å². The van der Waals surface area contributed by atoms with Crippen LogP contribution in [0.2, 0.25) is 0 Å². The van der Waals surface area contributed by atoms with Crippen molar-refractivity contribution in [3.05, 3.63) is 59.2 Å². The van der Waals surface area contributed by atoms with E-state index in [1.54, 1.807) is 12.1 Å². The average Bonchev–Trinajstić information content (AvgIpc) is 2.72. The van der Waals surface area contributed by atoms with Gasteiger partial charge in [-0.05, 0) is 73.2 Å². The molecule has 0 bridgehead atoms. The van der Waals surface area contributed by atoms with Gasteiger partial charge in [0.05, 0.1) is 0 Å². The van der Waals surface area contributed by atoms with E-state index in [1.807, 2.05) is 0 Å². The topological polar surface area (TPSA) is 71.0 Å². The standard InChI is InChI=1S/C22H25F2NO4.ClH/c23-15-3-7-19-13(9-15)1-5-21(28-19)17(26)11-25-12-18(27)22-6-2-14-10-16(24)4-8-20(14)29-22;/h3-4,7-10,17-18,21-22,25-27H,1-2,5-6,11-12H2;1H/t17?,18?,21-,22?;/m1./s1. The first-order chi connectivity index (χ1) is 14.0. The molecule has 2 heterocycles. The molecule has 0 fully saturated rings. The normalized spacial score (nSPS) is 21.9. The van der Waals surface area contributed by atoms with Crippen LogP contribution < -0.4 is 14.8 Å². The van der Waals surface area contributed by atoms with Gasteiger partial charge in [0, 0.05) is 13.1 Å². The summed E-state index contributed by atoms with van der Waals surface area (Å²) in [6.07, 6.45) is 0.214. The maximum atomic E-state index is 13.3. The third-order valence-electron chi connectivity index (χ3n) is 5.56. The van der Waals surface area contributed by atoms with Gasteiger partial charge in [0.15, 0.2) is 0 Å². The summed E-state index contributed by atoms with van der Waals surface area (Å²) in [7, 11) is 0. The lowest BCUT2D eigenvalue weighted by atomic mass is 9.98. The Morgan fingerprint density at radius 1 is 0.833 bits per heavy atom. The molecule has 5 nitrogen and oxygen atoms in total. The molecule has 0 amide bonds. The van der Waals surface area contributed by atoms with Gasteiger partial charge in [-0.3, -0.25) is 0 Å². The lowest BCUT2D eigenvalue weighted by Crippen LogP contribution is -2.46.